The monoisotopic (exact) mass is 180 g/mol. The quantitative estimate of drug-likeness (QED) is 0.653. The molecule has 0 aromatic heterocycles. The van der Waals surface area contributed by atoms with Crippen LogP contribution in [0.25, 0.3) is 0 Å². The molecule has 2 nitrogen and oxygen atoms in total. The molecule has 0 amide bonds. The minimum Gasteiger partial charge on any atom is -0.285 e. The molecule has 13 heavy (non-hydrogen) atoms. The second kappa shape index (κ2) is 5.24. The third-order valence-electron chi connectivity index (χ3n) is 3.04. The summed E-state index contributed by atoms with van der Waals surface area (Å²) in [5, 5.41) is 9.00. The molecule has 0 aliphatic carbocycles. The van der Waals surface area contributed by atoms with E-state index in [1.165, 1.54) is 25.7 Å². The summed E-state index contributed by atoms with van der Waals surface area (Å²) in [5.74, 6) is 0. The van der Waals surface area contributed by atoms with E-state index in [1.807, 2.05) is 0 Å². The van der Waals surface area contributed by atoms with Crippen molar-refractivity contribution in [2.24, 2.45) is 0 Å². The van der Waals surface area contributed by atoms with Gasteiger partial charge < -0.3 is 0 Å². The molecule has 0 aromatic rings. The molecule has 0 aromatic carbocycles. The summed E-state index contributed by atoms with van der Waals surface area (Å²) >= 11 is 0. The summed E-state index contributed by atoms with van der Waals surface area (Å²) in [6.07, 6.45) is 6.16. The van der Waals surface area contributed by atoms with E-state index < -0.39 is 0 Å². The molecule has 1 heterocycles. The van der Waals surface area contributed by atoms with Gasteiger partial charge in [0.2, 0.25) is 0 Å². The van der Waals surface area contributed by atoms with E-state index in [4.69, 9.17) is 5.26 Å². The fraction of sp³-hybridized carbons (Fsp3) is 0.909. The van der Waals surface area contributed by atoms with Gasteiger partial charge in [-0.05, 0) is 32.7 Å². The number of nitrogens with zero attached hydrogens (tertiary/aromatic N) is 2. The van der Waals surface area contributed by atoms with E-state index >= 15 is 0 Å². The van der Waals surface area contributed by atoms with Gasteiger partial charge in [-0.1, -0.05) is 19.8 Å². The highest BCUT2D eigenvalue weighted by atomic mass is 15.2. The zero-order valence-electron chi connectivity index (χ0n) is 8.79. The Balaban J connectivity index is 2.58. The number of nitriles is 1. The van der Waals surface area contributed by atoms with Gasteiger partial charge in [0.1, 0.15) is 0 Å². The van der Waals surface area contributed by atoms with Gasteiger partial charge in [0, 0.05) is 6.04 Å². The number of hydrogen-bond acceptors (Lipinski definition) is 2. The lowest BCUT2D eigenvalue weighted by Crippen LogP contribution is -2.40. The van der Waals surface area contributed by atoms with Gasteiger partial charge in [-0.25, -0.2) is 0 Å². The predicted octanol–water partition coefficient (Wildman–Crippen LogP) is 2.55. The fourth-order valence-corrected chi connectivity index (χ4v) is 2.16. The highest BCUT2D eigenvalue weighted by Crippen LogP contribution is 2.19. The van der Waals surface area contributed by atoms with Gasteiger partial charge in [0.05, 0.1) is 12.1 Å². The normalized spacial score (nSPS) is 27.6. The first kappa shape index (κ1) is 10.5. The Morgan fingerprint density at radius 2 is 2.23 bits per heavy atom. The van der Waals surface area contributed by atoms with Gasteiger partial charge >= 0.3 is 0 Å². The lowest BCUT2D eigenvalue weighted by Gasteiger charge is -2.30. The molecule has 2 heteroatoms. The lowest BCUT2D eigenvalue weighted by molar-refractivity contribution is 0.175. The second-order valence-electron chi connectivity index (χ2n) is 3.99. The second-order valence-corrected chi connectivity index (χ2v) is 3.99. The zero-order valence-corrected chi connectivity index (χ0v) is 8.79. The minimum absolute atomic E-state index is 0.146. The topological polar surface area (TPSA) is 27.0 Å². The van der Waals surface area contributed by atoms with Crippen LogP contribution >= 0.6 is 0 Å². The van der Waals surface area contributed by atoms with Crippen molar-refractivity contribution in [3.63, 3.8) is 0 Å². The molecule has 1 aliphatic rings. The third-order valence-corrected chi connectivity index (χ3v) is 3.04. The standard InChI is InChI=1S/C11H20N2/c1-3-11(9-12)13-8-6-4-5-7-10(13)2/h10-11H,3-8H2,1-2H3. The zero-order chi connectivity index (χ0) is 9.68. The van der Waals surface area contributed by atoms with Gasteiger partial charge in [-0.2, -0.15) is 5.26 Å². The first-order valence-electron chi connectivity index (χ1n) is 5.45. The molecule has 2 unspecified atom stereocenters. The molecular weight excluding hydrogens is 160 g/mol. The van der Waals surface area contributed by atoms with E-state index in [-0.39, 0.29) is 6.04 Å². The average Bonchev–Trinajstić information content (AvgIpc) is 2.34. The van der Waals surface area contributed by atoms with E-state index in [1.54, 1.807) is 0 Å². The molecule has 2 atom stereocenters. The van der Waals surface area contributed by atoms with Gasteiger partial charge in [-0.3, -0.25) is 4.90 Å². The number of hydrogen-bond donors (Lipinski definition) is 0. The minimum atomic E-state index is 0.146. The van der Waals surface area contributed by atoms with E-state index in [0.717, 1.165) is 13.0 Å². The Kier molecular flexibility index (Phi) is 4.24. The largest absolute Gasteiger partial charge is 0.285 e. The van der Waals surface area contributed by atoms with Crippen LogP contribution < -0.4 is 0 Å². The Bertz CT molecular complexity index is 183. The molecular formula is C11H20N2. The van der Waals surface area contributed by atoms with Crippen LogP contribution in [0.15, 0.2) is 0 Å². The van der Waals surface area contributed by atoms with Crippen molar-refractivity contribution in [3.05, 3.63) is 0 Å². The van der Waals surface area contributed by atoms with Crippen LogP contribution in [0.4, 0.5) is 0 Å². The first-order valence-corrected chi connectivity index (χ1v) is 5.45. The summed E-state index contributed by atoms with van der Waals surface area (Å²) < 4.78 is 0. The van der Waals surface area contributed by atoms with Gasteiger partial charge in [0.25, 0.3) is 0 Å². The van der Waals surface area contributed by atoms with Crippen LogP contribution in [0, 0.1) is 11.3 Å². The summed E-state index contributed by atoms with van der Waals surface area (Å²) in [6, 6.07) is 3.16. The molecule has 1 saturated heterocycles. The first-order chi connectivity index (χ1) is 6.29. The predicted molar refractivity (Wildman–Crippen MR) is 54.3 cm³/mol. The molecule has 0 saturated carbocycles. The van der Waals surface area contributed by atoms with Crippen LogP contribution in [0.3, 0.4) is 0 Å². The SMILES string of the molecule is CCC(C#N)N1CCCCCC1C. The van der Waals surface area contributed by atoms with Crippen molar-refractivity contribution < 1.29 is 0 Å². The molecule has 1 rings (SSSR count). The van der Waals surface area contributed by atoms with E-state index in [9.17, 15) is 0 Å². The molecule has 0 N–H and O–H groups in total. The van der Waals surface area contributed by atoms with Crippen molar-refractivity contribution in [2.75, 3.05) is 6.54 Å². The lowest BCUT2D eigenvalue weighted by atomic mass is 10.1. The Labute approximate surface area is 81.5 Å². The van der Waals surface area contributed by atoms with Crippen molar-refractivity contribution in [2.45, 2.75) is 58.0 Å². The smallest absolute Gasteiger partial charge is 0.0977 e. The van der Waals surface area contributed by atoms with E-state index in [0.29, 0.717) is 6.04 Å². The van der Waals surface area contributed by atoms with Crippen molar-refractivity contribution in [1.29, 1.82) is 5.26 Å². The van der Waals surface area contributed by atoms with Crippen molar-refractivity contribution in [1.82, 2.24) is 4.90 Å². The van der Waals surface area contributed by atoms with Crippen LogP contribution in [-0.2, 0) is 0 Å². The van der Waals surface area contributed by atoms with Crippen molar-refractivity contribution >= 4 is 0 Å². The van der Waals surface area contributed by atoms with Gasteiger partial charge in [0.15, 0.2) is 0 Å². The summed E-state index contributed by atoms with van der Waals surface area (Å²) in [6.45, 7) is 5.48. The Hall–Kier alpha value is -0.550. The van der Waals surface area contributed by atoms with Crippen LogP contribution in [0.5, 0.6) is 0 Å². The van der Waals surface area contributed by atoms with Crippen LogP contribution in [0.1, 0.15) is 46.0 Å². The Morgan fingerprint density at radius 1 is 1.46 bits per heavy atom. The Morgan fingerprint density at radius 3 is 2.85 bits per heavy atom. The number of rotatable bonds is 2. The molecule has 0 radical (unpaired) electrons. The highest BCUT2D eigenvalue weighted by Gasteiger charge is 2.23. The molecule has 0 spiro atoms. The maximum absolute atomic E-state index is 9.00. The van der Waals surface area contributed by atoms with Crippen molar-refractivity contribution in [3.8, 4) is 6.07 Å². The maximum atomic E-state index is 9.00. The molecule has 1 fully saturated rings. The van der Waals surface area contributed by atoms with Gasteiger partial charge in [-0.15, -0.1) is 0 Å². The van der Waals surface area contributed by atoms with Crippen LogP contribution in [-0.4, -0.2) is 23.5 Å². The molecule has 1 aliphatic heterocycles. The van der Waals surface area contributed by atoms with E-state index in [2.05, 4.69) is 24.8 Å². The maximum Gasteiger partial charge on any atom is 0.0977 e. The molecule has 0 bridgehead atoms. The fourth-order valence-electron chi connectivity index (χ4n) is 2.16. The molecule has 74 valence electrons. The number of likely N-dealkylation sites (tertiary alicyclic amines) is 1. The van der Waals surface area contributed by atoms with Crippen LogP contribution in [0.2, 0.25) is 0 Å². The summed E-state index contributed by atoms with van der Waals surface area (Å²) in [4.78, 5) is 2.38. The highest BCUT2D eigenvalue weighted by molar-refractivity contribution is 4.93. The third kappa shape index (κ3) is 2.70. The summed E-state index contributed by atoms with van der Waals surface area (Å²) in [5.41, 5.74) is 0. The summed E-state index contributed by atoms with van der Waals surface area (Å²) in [7, 11) is 0. The average molecular weight is 180 g/mol.